The molecule has 0 radical (unpaired) electrons. The Hall–Kier alpha value is -5.26. The lowest BCUT2D eigenvalue weighted by Gasteiger charge is -2.51. The number of anilines is 8. The Balaban J connectivity index is 1.16. The summed E-state index contributed by atoms with van der Waals surface area (Å²) in [5.74, 6) is 0. The molecule has 83 heavy (non-hydrogen) atoms. The lowest BCUT2D eigenvalue weighted by Crippen LogP contribution is -2.61. The van der Waals surface area contributed by atoms with Gasteiger partial charge in [0.05, 0.1) is 11.2 Å². The van der Waals surface area contributed by atoms with E-state index in [2.05, 4.69) is 262 Å². The topological polar surface area (TPSA) is 9.72 Å². The molecule has 0 N–H and O–H groups in total. The van der Waals surface area contributed by atoms with Crippen molar-refractivity contribution in [1.82, 2.24) is 0 Å². The summed E-state index contributed by atoms with van der Waals surface area (Å²) in [7, 11) is 0. The van der Waals surface area contributed by atoms with Crippen molar-refractivity contribution in [2.75, 3.05) is 14.7 Å². The Morgan fingerprint density at radius 3 is 1.48 bits per heavy atom. The predicted octanol–water partition coefficient (Wildman–Crippen LogP) is 20.4. The Morgan fingerprint density at radius 2 is 0.892 bits per heavy atom. The zero-order valence-corrected chi connectivity index (χ0v) is 55.5. The van der Waals surface area contributed by atoms with Gasteiger partial charge in [0, 0.05) is 60.1 Å². The molecule has 432 valence electrons. The van der Waals surface area contributed by atoms with E-state index in [1.165, 1.54) is 174 Å². The summed E-state index contributed by atoms with van der Waals surface area (Å²) in [6.45, 7) is 49.7. The second-order valence-electron chi connectivity index (χ2n) is 34.1. The molecule has 0 bridgehead atoms. The first-order valence-corrected chi connectivity index (χ1v) is 33.2. The lowest BCUT2D eigenvalue weighted by atomic mass is 9.35. The van der Waals surface area contributed by atoms with E-state index < -0.39 is 0 Å². The SMILES string of the molecule is CC(C)(C)c1ccc(N2c3cc4c(cc3B3c5sc6cc7c(cc6c5N(c5ccc6c(c5)C(C)(C)CCC6(C)C)c5cc(N6c8ccc(C(C)(C)C)cc8C8(C)CCCCC68C)cc2c53)C(C)(C)CCC7(C)C)C(C)(C)CCC4(C)C)cc1. The van der Waals surface area contributed by atoms with Crippen molar-refractivity contribution < 1.29 is 0 Å². The average molecular weight is 1120 g/mol. The maximum absolute atomic E-state index is 2.90. The van der Waals surface area contributed by atoms with Crippen LogP contribution in [0.25, 0.3) is 10.1 Å². The molecule has 1 fully saturated rings. The minimum atomic E-state index is -0.149. The fourth-order valence-electron chi connectivity index (χ4n) is 17.7. The first kappa shape index (κ1) is 55.6. The maximum atomic E-state index is 2.90. The van der Waals surface area contributed by atoms with E-state index >= 15 is 0 Å². The van der Waals surface area contributed by atoms with Crippen LogP contribution in [0.5, 0.6) is 0 Å². The number of hydrogen-bond acceptors (Lipinski definition) is 4. The van der Waals surface area contributed by atoms with E-state index in [4.69, 9.17) is 0 Å². The third kappa shape index (κ3) is 7.85. The highest BCUT2D eigenvalue weighted by molar-refractivity contribution is 7.33. The summed E-state index contributed by atoms with van der Waals surface area (Å²) in [5.41, 5.74) is 27.2. The molecule has 3 nitrogen and oxygen atoms in total. The molecule has 4 aliphatic carbocycles. The molecule has 14 rings (SSSR count). The molecular weight excluding hydrogens is 1020 g/mol. The van der Waals surface area contributed by atoms with Gasteiger partial charge in [-0.3, -0.25) is 0 Å². The Bertz CT molecular complexity index is 3900. The fraction of sp³-hybridized carbons (Fsp3) is 0.513. The number of nitrogens with zero attached hydrogens (tertiary/aromatic N) is 3. The highest BCUT2D eigenvalue weighted by Crippen LogP contribution is 2.63. The van der Waals surface area contributed by atoms with Crippen LogP contribution in [0.15, 0.2) is 97.1 Å². The minimum Gasteiger partial charge on any atom is -0.334 e. The summed E-state index contributed by atoms with van der Waals surface area (Å²) >= 11 is 2.11. The minimum absolute atomic E-state index is 0.0192. The first-order chi connectivity index (χ1) is 38.6. The summed E-state index contributed by atoms with van der Waals surface area (Å²) < 4.78 is 2.91. The average Bonchev–Trinajstić information content (AvgIpc) is 1.74. The van der Waals surface area contributed by atoms with Crippen molar-refractivity contribution in [3.8, 4) is 0 Å². The molecule has 5 heteroatoms. The third-order valence-electron chi connectivity index (χ3n) is 23.9. The van der Waals surface area contributed by atoms with E-state index in [-0.39, 0.29) is 61.0 Å². The quantitative estimate of drug-likeness (QED) is 0.163. The zero-order chi connectivity index (χ0) is 59.1. The largest absolute Gasteiger partial charge is 0.334 e. The van der Waals surface area contributed by atoms with Crippen molar-refractivity contribution in [3.63, 3.8) is 0 Å². The summed E-state index contributed by atoms with van der Waals surface area (Å²) in [6.07, 6.45) is 11.9. The number of fused-ring (bicyclic) bond motifs is 12. The molecule has 0 amide bonds. The van der Waals surface area contributed by atoms with Gasteiger partial charge in [0.1, 0.15) is 0 Å². The van der Waals surface area contributed by atoms with Crippen molar-refractivity contribution in [1.29, 1.82) is 0 Å². The van der Waals surface area contributed by atoms with Gasteiger partial charge < -0.3 is 14.7 Å². The van der Waals surface area contributed by atoms with Crippen LogP contribution in [0.2, 0.25) is 0 Å². The van der Waals surface area contributed by atoms with Crippen LogP contribution in [0.1, 0.15) is 253 Å². The highest BCUT2D eigenvalue weighted by Gasteiger charge is 2.59. The number of hydrogen-bond donors (Lipinski definition) is 0. The monoisotopic (exact) mass is 1120 g/mol. The van der Waals surface area contributed by atoms with Gasteiger partial charge in [-0.05, 0) is 223 Å². The van der Waals surface area contributed by atoms with Gasteiger partial charge in [-0.15, -0.1) is 11.3 Å². The molecule has 7 aliphatic rings. The van der Waals surface area contributed by atoms with Crippen molar-refractivity contribution >= 4 is 89.3 Å². The summed E-state index contributed by atoms with van der Waals surface area (Å²) in [4.78, 5) is 8.50. The van der Waals surface area contributed by atoms with Gasteiger partial charge in [0.2, 0.25) is 0 Å². The fourth-order valence-corrected chi connectivity index (χ4v) is 19.0. The zero-order valence-electron chi connectivity index (χ0n) is 54.6. The molecule has 2 unspecified atom stereocenters. The van der Waals surface area contributed by atoms with Crippen molar-refractivity contribution in [2.24, 2.45) is 0 Å². The van der Waals surface area contributed by atoms with Gasteiger partial charge in [0.15, 0.2) is 0 Å². The molecule has 2 atom stereocenters. The number of thiophene rings is 1. The molecule has 1 aromatic heterocycles. The molecule has 7 aromatic rings. The first-order valence-electron chi connectivity index (χ1n) is 32.4. The highest BCUT2D eigenvalue weighted by atomic mass is 32.1. The van der Waals surface area contributed by atoms with Crippen LogP contribution in [-0.2, 0) is 48.7 Å². The molecule has 0 spiro atoms. The molecule has 6 aromatic carbocycles. The van der Waals surface area contributed by atoms with Crippen LogP contribution >= 0.6 is 11.3 Å². The van der Waals surface area contributed by atoms with Gasteiger partial charge in [-0.25, -0.2) is 0 Å². The van der Waals surface area contributed by atoms with Crippen LogP contribution in [0.3, 0.4) is 0 Å². The molecule has 1 saturated carbocycles. The number of rotatable bonds is 3. The van der Waals surface area contributed by atoms with Gasteiger partial charge in [-0.1, -0.05) is 181 Å². The summed E-state index contributed by atoms with van der Waals surface area (Å²) in [5, 5.41) is 1.42. The lowest BCUT2D eigenvalue weighted by molar-refractivity contribution is 0.195. The standard InChI is InChI=1S/C78H96BN3S/c1-69(2,3)47-23-26-49(27-24-47)80-62-45-57-56(74(13,14)36-37-75(57,15)16)44-60(62)79-66-63(80)41-51(82-61-30-25-48(70(4,5)6)39-59(61)77(19)31-21-22-32-78(77,82)20)42-64(66)81(50-28-29-53-54(40-50)72(9,10)34-33-71(53,7)8)67-52-43-55-58(46-65(52)83-68(67)79)76(17,18)38-35-73(55,11)12/h23-30,39-46H,21-22,31-38H2,1-20H3. The smallest absolute Gasteiger partial charge is 0.264 e. The molecular formula is C78H96BN3S. The van der Waals surface area contributed by atoms with Crippen LogP contribution in [0.4, 0.5) is 45.5 Å². The number of benzene rings is 6. The molecule has 4 heterocycles. The van der Waals surface area contributed by atoms with Crippen LogP contribution in [-0.4, -0.2) is 12.3 Å². The second kappa shape index (κ2) is 17.3. The van der Waals surface area contributed by atoms with Gasteiger partial charge in [0.25, 0.3) is 6.71 Å². The van der Waals surface area contributed by atoms with Crippen LogP contribution < -0.4 is 30.4 Å². The van der Waals surface area contributed by atoms with Crippen LogP contribution in [0, 0.1) is 0 Å². The molecule has 3 aliphatic heterocycles. The Morgan fingerprint density at radius 1 is 0.398 bits per heavy atom. The normalized spacial score (nSPS) is 24.5. The van der Waals surface area contributed by atoms with E-state index in [9.17, 15) is 0 Å². The van der Waals surface area contributed by atoms with Gasteiger partial charge in [-0.2, -0.15) is 0 Å². The van der Waals surface area contributed by atoms with E-state index in [1.807, 2.05) is 0 Å². The molecule has 0 saturated heterocycles. The second-order valence-corrected chi connectivity index (χ2v) is 35.2. The maximum Gasteiger partial charge on any atom is 0.264 e. The van der Waals surface area contributed by atoms with Crippen molar-refractivity contribution in [3.05, 3.63) is 147 Å². The summed E-state index contributed by atoms with van der Waals surface area (Å²) in [6, 6.07) is 41.5. The Labute approximate surface area is 505 Å². The van der Waals surface area contributed by atoms with Gasteiger partial charge >= 0.3 is 0 Å². The Kier molecular flexibility index (Phi) is 11.6. The van der Waals surface area contributed by atoms with E-state index in [1.54, 1.807) is 5.56 Å². The third-order valence-corrected chi connectivity index (χ3v) is 25.1. The predicted molar refractivity (Wildman–Crippen MR) is 362 cm³/mol. The van der Waals surface area contributed by atoms with Crippen molar-refractivity contribution in [2.45, 2.75) is 257 Å². The van der Waals surface area contributed by atoms with E-state index in [0.29, 0.717) is 0 Å². The van der Waals surface area contributed by atoms with E-state index in [0.717, 1.165) is 6.42 Å².